The van der Waals surface area contributed by atoms with Crippen molar-refractivity contribution in [2.24, 2.45) is 45.8 Å². The zero-order valence-corrected chi connectivity index (χ0v) is 59.7. The van der Waals surface area contributed by atoms with Crippen LogP contribution in [0.15, 0.2) is 10.3 Å². The maximum Gasteiger partial charge on any atom is 0.306 e. The number of carbonyl (C=O) groups excluding carboxylic acids is 10. The molecule has 2 rings (SSSR count). The fourth-order valence-electron chi connectivity index (χ4n) is 12.8. The van der Waals surface area contributed by atoms with Crippen LogP contribution in [0, 0.1) is 35.5 Å². The van der Waals surface area contributed by atoms with Crippen molar-refractivity contribution in [3.8, 4) is 0 Å². The monoisotopic (exact) mass is 1430 g/mol. The number of carboxylic acid groups (broad SMARTS) is 4. The number of aliphatic carboxylic acids is 4. The summed E-state index contributed by atoms with van der Waals surface area (Å²) in [5.41, 5.74) is 0. The van der Waals surface area contributed by atoms with Crippen molar-refractivity contribution in [3.05, 3.63) is 0 Å². The average molecular weight is 1430 g/mol. The Labute approximate surface area is 595 Å². The number of Topliss-reactive ketones (excluding diaryl/α,β-unsaturated/α-hetero) is 4. The van der Waals surface area contributed by atoms with Gasteiger partial charge in [0.25, 0.3) is 12.9 Å². The maximum atomic E-state index is 13.3. The molecule has 0 bridgehead atoms. The second kappa shape index (κ2) is 57.9. The molecule has 2 aliphatic carbocycles. The first-order chi connectivity index (χ1) is 48.7. The highest BCUT2D eigenvalue weighted by Crippen LogP contribution is 2.33. The largest absolute Gasteiger partial charge is 0.481 e. The highest BCUT2D eigenvalue weighted by atomic mass is 16.6. The first kappa shape index (κ1) is 89.4. The number of ketones is 4. The third kappa shape index (κ3) is 47.2. The molecule has 4 atom stereocenters. The molecule has 101 heavy (non-hydrogen) atoms. The van der Waals surface area contributed by atoms with E-state index in [4.69, 9.17) is 19.1 Å². The number of hydrogen-bond acceptors (Lipinski definition) is 20. The molecule has 28 heteroatoms. The van der Waals surface area contributed by atoms with E-state index in [0.29, 0.717) is 116 Å². The summed E-state index contributed by atoms with van der Waals surface area (Å²) in [5.74, 6) is -9.58. The van der Waals surface area contributed by atoms with Crippen molar-refractivity contribution in [2.75, 3.05) is 39.5 Å². The molecule has 2 saturated carbocycles. The summed E-state index contributed by atoms with van der Waals surface area (Å²) in [5, 5.41) is 56.9. The zero-order chi connectivity index (χ0) is 74.1. The van der Waals surface area contributed by atoms with Gasteiger partial charge in [-0.1, -0.05) is 77.0 Å². The van der Waals surface area contributed by atoms with Gasteiger partial charge >= 0.3 is 23.9 Å². The second-order valence-corrected chi connectivity index (χ2v) is 27.2. The predicted molar refractivity (Wildman–Crippen MR) is 370 cm³/mol. The van der Waals surface area contributed by atoms with Gasteiger partial charge in [-0.2, -0.15) is 0 Å². The standard InChI is InChI=1S/C73H118N6O22/c80-52-98-43-19-11-7-3-1-5-9-17-25-66(86)74-49-54-27-31-56(32-28-54)64(84)47-58(72(94)95)35-39-68(88)78-60(37-41-70(90)91)62(82)23-15-13-21-45-100-76-51-77-101-46-22-14-16-24-63(83)61(38-42-71(92)93)79-69(89)40-36-59(73(96)97)48-65(85)57-33-29-55(30-34-57)50-75-67(87)26-18-10-6-2-4-8-12-20-44-99-53-81/h52-61H,1-50H2,(H,74,86)(H,75,87)(H,78,88)(H,79,89)(H,90,91)(H,92,93)(H,94,95)(H,96,97)/t54?,55?,56?,57?,58-,59-,60-,61-/m0/s1. The van der Waals surface area contributed by atoms with E-state index in [1.165, 1.54) is 0 Å². The van der Waals surface area contributed by atoms with Crippen LogP contribution in [-0.4, -0.2) is 162 Å². The van der Waals surface area contributed by atoms with Gasteiger partial charge in [-0.25, -0.2) is 0 Å². The quantitative estimate of drug-likeness (QED) is 0.0121. The Hall–Kier alpha value is -7.64. The predicted octanol–water partition coefficient (Wildman–Crippen LogP) is 10.1. The first-order valence-corrected chi connectivity index (χ1v) is 37.3. The lowest BCUT2D eigenvalue weighted by atomic mass is 9.78. The molecule has 0 heterocycles. The normalized spacial score (nSPS) is 16.8. The molecule has 0 unspecified atom stereocenters. The molecule has 0 spiro atoms. The van der Waals surface area contributed by atoms with E-state index in [1.807, 2.05) is 0 Å². The average Bonchev–Trinajstić information content (AvgIpc) is 0.900. The van der Waals surface area contributed by atoms with Crippen molar-refractivity contribution in [2.45, 2.75) is 295 Å². The Balaban J connectivity index is 1.62. The van der Waals surface area contributed by atoms with E-state index in [2.05, 4.69) is 37.6 Å². The summed E-state index contributed by atoms with van der Waals surface area (Å²) in [4.78, 5) is 182. The number of nitrogens with one attached hydrogen (secondary N) is 4. The highest BCUT2D eigenvalue weighted by Gasteiger charge is 2.33. The summed E-state index contributed by atoms with van der Waals surface area (Å²) < 4.78 is 9.39. The molecular formula is C73H118N6O22. The van der Waals surface area contributed by atoms with E-state index in [1.54, 1.807) is 0 Å². The summed E-state index contributed by atoms with van der Waals surface area (Å²) in [6.07, 6.45) is 22.6. The van der Waals surface area contributed by atoms with Crippen molar-refractivity contribution in [1.29, 1.82) is 0 Å². The van der Waals surface area contributed by atoms with Gasteiger partial charge in [0.15, 0.2) is 17.6 Å². The van der Waals surface area contributed by atoms with Crippen LogP contribution in [0.5, 0.6) is 0 Å². The van der Waals surface area contributed by atoms with Gasteiger partial charge in [0, 0.05) is 89.1 Å². The minimum absolute atomic E-state index is 0.00832. The molecule has 0 aromatic heterocycles. The highest BCUT2D eigenvalue weighted by molar-refractivity contribution is 5.91. The van der Waals surface area contributed by atoms with Crippen LogP contribution in [-0.2, 0) is 86.3 Å². The first-order valence-electron chi connectivity index (χ1n) is 37.3. The van der Waals surface area contributed by atoms with Crippen LogP contribution in [0.2, 0.25) is 0 Å². The van der Waals surface area contributed by atoms with Crippen molar-refractivity contribution >= 4 is 89.6 Å². The van der Waals surface area contributed by atoms with Gasteiger partial charge < -0.3 is 60.8 Å². The molecule has 0 radical (unpaired) electrons. The smallest absolute Gasteiger partial charge is 0.306 e. The molecule has 8 N–H and O–H groups in total. The van der Waals surface area contributed by atoms with E-state index in [9.17, 15) is 87.5 Å². The molecular weight excluding hydrogens is 1310 g/mol. The third-order valence-corrected chi connectivity index (χ3v) is 19.1. The summed E-state index contributed by atoms with van der Waals surface area (Å²) >= 11 is 0. The summed E-state index contributed by atoms with van der Waals surface area (Å²) in [7, 11) is 0. The molecule has 0 aromatic rings. The number of rotatable bonds is 66. The molecule has 4 amide bonds. The molecule has 0 saturated heterocycles. The summed E-state index contributed by atoms with van der Waals surface area (Å²) in [6.45, 7) is 3.19. The van der Waals surface area contributed by atoms with Gasteiger partial charge in [0.1, 0.15) is 24.8 Å². The molecule has 28 nitrogen and oxygen atoms in total. The van der Waals surface area contributed by atoms with Gasteiger partial charge in [-0.3, -0.25) is 67.1 Å². The minimum Gasteiger partial charge on any atom is -0.481 e. The van der Waals surface area contributed by atoms with Crippen LogP contribution >= 0.6 is 0 Å². The SMILES string of the molecule is O=COCCCCCCCCCCC(=O)NCC1CCC(C(=O)C[C@H](CCC(=O)N[C@@H](CCC(=O)O)C(=O)CCCCCON=C=NOCCCCCC(=O)[C@H](CCC(=O)O)NC(=O)CC[C@@H](CC(=O)C2CCC(CNC(=O)CCCCCCCCCCOC=O)CC2)C(=O)O)C(=O)O)CC1. The lowest BCUT2D eigenvalue weighted by Crippen LogP contribution is -2.41. The van der Waals surface area contributed by atoms with Gasteiger partial charge in [-0.15, -0.1) is 0 Å². The topological polar surface area (TPSA) is 430 Å². The lowest BCUT2D eigenvalue weighted by molar-refractivity contribution is -0.145. The van der Waals surface area contributed by atoms with Crippen LogP contribution in [0.3, 0.4) is 0 Å². The van der Waals surface area contributed by atoms with Crippen molar-refractivity contribution < 1.29 is 107 Å². The Kier molecular flexibility index (Phi) is 51.3. The molecule has 0 aliphatic heterocycles. The zero-order valence-electron chi connectivity index (χ0n) is 59.7. The number of nitrogens with zero attached hydrogens (tertiary/aromatic N) is 2. The number of amides is 4. The second-order valence-electron chi connectivity index (χ2n) is 27.2. The number of hydrogen-bond donors (Lipinski definition) is 8. The summed E-state index contributed by atoms with van der Waals surface area (Å²) in [6, 6.07) is 0.0309. The number of carboxylic acids is 4. The van der Waals surface area contributed by atoms with Crippen LogP contribution < -0.4 is 21.3 Å². The van der Waals surface area contributed by atoms with Gasteiger partial charge in [0.05, 0.1) is 37.1 Å². The van der Waals surface area contributed by atoms with E-state index in [0.717, 1.165) is 128 Å². The Bertz CT molecular complexity index is 2380. The lowest BCUT2D eigenvalue weighted by Gasteiger charge is -2.28. The van der Waals surface area contributed by atoms with Crippen LogP contribution in [0.25, 0.3) is 0 Å². The van der Waals surface area contributed by atoms with Crippen molar-refractivity contribution in [3.63, 3.8) is 0 Å². The van der Waals surface area contributed by atoms with Crippen LogP contribution in [0.4, 0.5) is 0 Å². The Morgan fingerprint density at radius 2 is 0.693 bits per heavy atom. The Morgan fingerprint density at radius 1 is 0.376 bits per heavy atom. The Morgan fingerprint density at radius 3 is 1.03 bits per heavy atom. The van der Waals surface area contributed by atoms with Crippen molar-refractivity contribution in [1.82, 2.24) is 21.3 Å². The molecule has 2 fully saturated rings. The van der Waals surface area contributed by atoms with E-state index < -0.39 is 59.6 Å². The molecule has 0 aromatic carbocycles. The number of ether oxygens (including phenoxy) is 2. The fraction of sp³-hybridized carbons (Fsp3) is 0.795. The van der Waals surface area contributed by atoms with E-state index in [-0.39, 0.29) is 149 Å². The van der Waals surface area contributed by atoms with Gasteiger partial charge in [0.2, 0.25) is 23.6 Å². The number of carbonyl (C=O) groups is 14. The third-order valence-electron chi connectivity index (χ3n) is 19.1. The van der Waals surface area contributed by atoms with Crippen LogP contribution in [0.1, 0.15) is 283 Å². The van der Waals surface area contributed by atoms with E-state index >= 15 is 0 Å². The maximum absolute atomic E-state index is 13.3. The minimum atomic E-state index is -1.22. The fourth-order valence-corrected chi connectivity index (χ4v) is 12.8. The molecule has 572 valence electrons. The molecule has 2 aliphatic rings. The van der Waals surface area contributed by atoms with Gasteiger partial charge in [-0.05, 0) is 163 Å². The number of unbranched alkanes of at least 4 members (excludes halogenated alkanes) is 18.